The summed E-state index contributed by atoms with van der Waals surface area (Å²) in [5.74, 6) is -1.63. The average molecular weight is 280 g/mol. The number of rotatable bonds is 6. The zero-order chi connectivity index (χ0) is 15.3. The molecule has 1 unspecified atom stereocenters. The molecule has 0 bridgehead atoms. The van der Waals surface area contributed by atoms with Gasteiger partial charge in [0.05, 0.1) is 25.3 Å². The number of amides is 3. The molecule has 3 amide bonds. The van der Waals surface area contributed by atoms with Crippen LogP contribution in [0.3, 0.4) is 0 Å². The summed E-state index contributed by atoms with van der Waals surface area (Å²) in [6, 6.07) is 3.21. The Morgan fingerprint density at radius 3 is 2.45 bits per heavy atom. The van der Waals surface area contributed by atoms with E-state index in [0.29, 0.717) is 5.75 Å². The van der Waals surface area contributed by atoms with Gasteiger partial charge in [-0.25, -0.2) is 0 Å². The molecule has 0 aliphatic heterocycles. The van der Waals surface area contributed by atoms with E-state index >= 15 is 0 Å². The van der Waals surface area contributed by atoms with Crippen molar-refractivity contribution < 1.29 is 19.1 Å². The van der Waals surface area contributed by atoms with Gasteiger partial charge in [0, 0.05) is 5.56 Å². The summed E-state index contributed by atoms with van der Waals surface area (Å²) in [5, 5.41) is 2.46. The van der Waals surface area contributed by atoms with Crippen molar-refractivity contribution in [3.05, 3.63) is 23.8 Å². The molecule has 0 spiro atoms. The van der Waals surface area contributed by atoms with E-state index in [9.17, 15) is 14.4 Å². The average Bonchev–Trinajstić information content (AvgIpc) is 2.37. The summed E-state index contributed by atoms with van der Waals surface area (Å²) in [6.45, 7) is 0. The van der Waals surface area contributed by atoms with Gasteiger partial charge in [-0.1, -0.05) is 0 Å². The lowest BCUT2D eigenvalue weighted by Gasteiger charge is -2.14. The molecule has 1 atom stereocenters. The van der Waals surface area contributed by atoms with Crippen molar-refractivity contribution in [3.8, 4) is 5.75 Å². The molecule has 108 valence electrons. The van der Waals surface area contributed by atoms with Gasteiger partial charge in [-0.3, -0.25) is 14.4 Å². The second-order valence-corrected chi connectivity index (χ2v) is 4.05. The second-order valence-electron chi connectivity index (χ2n) is 4.05. The third kappa shape index (κ3) is 3.95. The number of nitrogens with one attached hydrogen (secondary N) is 1. The van der Waals surface area contributed by atoms with Crippen molar-refractivity contribution in [1.29, 1.82) is 0 Å². The van der Waals surface area contributed by atoms with E-state index in [2.05, 4.69) is 5.32 Å². The summed E-state index contributed by atoms with van der Waals surface area (Å²) in [6.07, 6.45) is -0.288. The first-order chi connectivity index (χ1) is 9.35. The van der Waals surface area contributed by atoms with Crippen LogP contribution in [0.5, 0.6) is 5.75 Å². The highest BCUT2D eigenvalue weighted by Crippen LogP contribution is 2.25. The lowest BCUT2D eigenvalue weighted by Crippen LogP contribution is -2.39. The van der Waals surface area contributed by atoms with Crippen LogP contribution in [-0.2, 0) is 9.59 Å². The molecule has 8 nitrogen and oxygen atoms in total. The van der Waals surface area contributed by atoms with E-state index < -0.39 is 23.8 Å². The fraction of sp³-hybridized carbons (Fsp3) is 0.250. The smallest absolute Gasteiger partial charge is 0.248 e. The predicted octanol–water partition coefficient (Wildman–Crippen LogP) is -1.06. The molecular weight excluding hydrogens is 264 g/mol. The Morgan fingerprint density at radius 1 is 1.30 bits per heavy atom. The molecule has 8 heteroatoms. The second kappa shape index (κ2) is 6.53. The quantitative estimate of drug-likeness (QED) is 0.523. The molecule has 0 aliphatic carbocycles. The summed E-state index contributed by atoms with van der Waals surface area (Å²) in [5.41, 5.74) is 16.1. The number of primary amides is 2. The number of hydrogen-bond donors (Lipinski definition) is 4. The van der Waals surface area contributed by atoms with Crippen molar-refractivity contribution in [3.63, 3.8) is 0 Å². The summed E-state index contributed by atoms with van der Waals surface area (Å²) < 4.78 is 5.04. The number of carbonyl (C=O) groups is 3. The van der Waals surface area contributed by atoms with Crippen molar-refractivity contribution in [2.45, 2.75) is 12.5 Å². The van der Waals surface area contributed by atoms with E-state index in [1.807, 2.05) is 0 Å². The molecule has 0 heterocycles. The Labute approximate surface area is 115 Å². The Morgan fingerprint density at radius 2 is 1.95 bits per heavy atom. The first kappa shape index (κ1) is 15.4. The van der Waals surface area contributed by atoms with Crippen LogP contribution >= 0.6 is 0 Å². The molecule has 1 rings (SSSR count). The van der Waals surface area contributed by atoms with Crippen LogP contribution in [0.1, 0.15) is 16.8 Å². The van der Waals surface area contributed by atoms with Gasteiger partial charge in [-0.15, -0.1) is 0 Å². The fourth-order valence-electron chi connectivity index (χ4n) is 1.49. The number of ether oxygens (including phenoxy) is 1. The van der Waals surface area contributed by atoms with Gasteiger partial charge in [-0.05, 0) is 18.2 Å². The van der Waals surface area contributed by atoms with E-state index in [1.165, 1.54) is 25.3 Å². The predicted molar refractivity (Wildman–Crippen MR) is 71.9 cm³/mol. The summed E-state index contributed by atoms with van der Waals surface area (Å²) in [4.78, 5) is 33.6. The van der Waals surface area contributed by atoms with Gasteiger partial charge in [0.2, 0.25) is 17.7 Å². The van der Waals surface area contributed by atoms with Crippen molar-refractivity contribution in [2.24, 2.45) is 17.2 Å². The topological polar surface area (TPSA) is 151 Å². The highest BCUT2D eigenvalue weighted by Gasteiger charge is 2.18. The van der Waals surface area contributed by atoms with Crippen LogP contribution in [0.25, 0.3) is 0 Å². The summed E-state index contributed by atoms with van der Waals surface area (Å²) >= 11 is 0. The number of carbonyl (C=O) groups excluding carboxylic acids is 3. The van der Waals surface area contributed by atoms with Gasteiger partial charge < -0.3 is 27.3 Å². The zero-order valence-electron chi connectivity index (χ0n) is 10.9. The number of methoxy groups -OCH3 is 1. The fourth-order valence-corrected chi connectivity index (χ4v) is 1.49. The maximum Gasteiger partial charge on any atom is 0.248 e. The SMILES string of the molecule is COc1ccc(C(N)=O)cc1NC(=O)C(N)CC(N)=O. The largest absolute Gasteiger partial charge is 0.495 e. The monoisotopic (exact) mass is 280 g/mol. The number of nitrogens with two attached hydrogens (primary N) is 3. The first-order valence-electron chi connectivity index (χ1n) is 5.67. The summed E-state index contributed by atoms with van der Waals surface area (Å²) in [7, 11) is 1.40. The molecule has 20 heavy (non-hydrogen) atoms. The van der Waals surface area contributed by atoms with Crippen LogP contribution in [0, 0.1) is 0 Å². The van der Waals surface area contributed by atoms with E-state index in [0.717, 1.165) is 0 Å². The Bertz CT molecular complexity index is 544. The maximum absolute atomic E-state index is 11.8. The first-order valence-corrected chi connectivity index (χ1v) is 5.67. The van der Waals surface area contributed by atoms with Gasteiger partial charge in [-0.2, -0.15) is 0 Å². The molecule has 1 aromatic carbocycles. The molecule has 0 aromatic heterocycles. The molecule has 1 aromatic rings. The van der Waals surface area contributed by atoms with Crippen molar-refractivity contribution in [2.75, 3.05) is 12.4 Å². The minimum Gasteiger partial charge on any atom is -0.495 e. The van der Waals surface area contributed by atoms with Crippen LogP contribution in [-0.4, -0.2) is 30.9 Å². The van der Waals surface area contributed by atoms with Crippen LogP contribution in [0.4, 0.5) is 5.69 Å². The Kier molecular flexibility index (Phi) is 5.04. The molecular formula is C12H16N4O4. The van der Waals surface area contributed by atoms with Gasteiger partial charge in [0.1, 0.15) is 5.75 Å². The molecule has 7 N–H and O–H groups in total. The highest BCUT2D eigenvalue weighted by atomic mass is 16.5. The van der Waals surface area contributed by atoms with Crippen LogP contribution in [0.2, 0.25) is 0 Å². The van der Waals surface area contributed by atoms with Crippen LogP contribution < -0.4 is 27.3 Å². The molecule has 0 saturated carbocycles. The lowest BCUT2D eigenvalue weighted by atomic mass is 10.1. The third-order valence-electron chi connectivity index (χ3n) is 2.50. The normalized spacial score (nSPS) is 11.5. The minimum absolute atomic E-state index is 0.199. The Balaban J connectivity index is 2.94. The van der Waals surface area contributed by atoms with Gasteiger partial charge in [0.15, 0.2) is 0 Å². The number of anilines is 1. The standard InChI is InChI=1S/C12H16N4O4/c1-20-9-3-2-6(11(15)18)4-8(9)16-12(19)7(13)5-10(14)17/h2-4,7H,5,13H2,1H3,(H2,14,17)(H2,15,18)(H,16,19). The van der Waals surface area contributed by atoms with E-state index in [-0.39, 0.29) is 17.7 Å². The zero-order valence-corrected chi connectivity index (χ0v) is 10.9. The minimum atomic E-state index is -1.09. The van der Waals surface area contributed by atoms with Gasteiger partial charge in [0.25, 0.3) is 0 Å². The number of benzene rings is 1. The number of hydrogen-bond acceptors (Lipinski definition) is 5. The van der Waals surface area contributed by atoms with Gasteiger partial charge >= 0.3 is 0 Å². The maximum atomic E-state index is 11.8. The molecule has 0 fully saturated rings. The molecule has 0 aliphatic rings. The van der Waals surface area contributed by atoms with Crippen molar-refractivity contribution in [1.82, 2.24) is 0 Å². The van der Waals surface area contributed by atoms with E-state index in [4.69, 9.17) is 21.9 Å². The van der Waals surface area contributed by atoms with E-state index in [1.54, 1.807) is 0 Å². The van der Waals surface area contributed by atoms with Crippen LogP contribution in [0.15, 0.2) is 18.2 Å². The molecule has 0 radical (unpaired) electrons. The third-order valence-corrected chi connectivity index (χ3v) is 2.50. The van der Waals surface area contributed by atoms with Crippen molar-refractivity contribution >= 4 is 23.4 Å². The Hall–Kier alpha value is -2.61. The lowest BCUT2D eigenvalue weighted by molar-refractivity contribution is -0.123. The highest BCUT2D eigenvalue weighted by molar-refractivity contribution is 6.00. The molecule has 0 saturated heterocycles.